The Kier molecular flexibility index (Phi) is 8.47. The van der Waals surface area contributed by atoms with E-state index in [1.807, 2.05) is 31.2 Å². The summed E-state index contributed by atoms with van der Waals surface area (Å²) in [6, 6.07) is -0.229. The van der Waals surface area contributed by atoms with Gasteiger partial charge in [0.1, 0.15) is 11.9 Å². The Hall–Kier alpha value is -3.01. The van der Waals surface area contributed by atoms with E-state index >= 15 is 0 Å². The molecule has 0 spiro atoms. The zero-order chi connectivity index (χ0) is 25.8. The smallest absolute Gasteiger partial charge is 0.407 e. The molecule has 0 fully saturated rings. The van der Waals surface area contributed by atoms with E-state index < -0.39 is 42.1 Å². The van der Waals surface area contributed by atoms with E-state index in [1.165, 1.54) is 22.0 Å². The van der Waals surface area contributed by atoms with Gasteiger partial charge in [0.15, 0.2) is 0 Å². The summed E-state index contributed by atoms with van der Waals surface area (Å²) in [7, 11) is 0. The molecule has 1 aromatic rings. The van der Waals surface area contributed by atoms with Crippen LogP contribution in [0, 0.1) is 0 Å². The summed E-state index contributed by atoms with van der Waals surface area (Å²) < 4.78 is 35.4. The molecule has 0 aromatic carbocycles. The van der Waals surface area contributed by atoms with E-state index in [4.69, 9.17) is 4.74 Å². The molecule has 35 heavy (non-hydrogen) atoms. The highest BCUT2D eigenvalue weighted by Gasteiger charge is 2.21. The predicted octanol–water partition coefficient (Wildman–Crippen LogP) is 5.70. The van der Waals surface area contributed by atoms with Crippen LogP contribution in [0.3, 0.4) is 0 Å². The Balaban J connectivity index is 1.67. The number of amides is 1. The molecule has 1 unspecified atom stereocenters. The fraction of sp³-hybridized carbons (Fsp3) is 0.400. The molecular weight excluding hydrogens is 522 g/mol. The number of allylic oxidation sites excluding steroid dienone is 10. The second kappa shape index (κ2) is 11.2. The largest absolute Gasteiger partial charge is 0.444 e. The van der Waals surface area contributed by atoms with Gasteiger partial charge in [-0.2, -0.15) is 13.9 Å². The summed E-state index contributed by atoms with van der Waals surface area (Å²) in [5.74, 6) is 0. The minimum atomic E-state index is -1.98. The Morgan fingerprint density at radius 1 is 1.29 bits per heavy atom. The third kappa shape index (κ3) is 8.02. The zero-order valence-corrected chi connectivity index (χ0v) is 21.7. The Bertz CT molecular complexity index is 1220. The first-order valence-electron chi connectivity index (χ1n) is 11.2. The predicted molar refractivity (Wildman–Crippen MR) is 134 cm³/mol. The van der Waals surface area contributed by atoms with Crippen LogP contribution in [0.4, 0.5) is 13.6 Å². The quantitative estimate of drug-likeness (QED) is 0.472. The van der Waals surface area contributed by atoms with Gasteiger partial charge in [0.25, 0.3) is 6.08 Å². The molecular formula is C25H29BrF2N4O3. The summed E-state index contributed by atoms with van der Waals surface area (Å²) in [6.07, 6.45) is 12.1. The molecule has 1 aromatic heterocycles. The van der Waals surface area contributed by atoms with E-state index in [0.29, 0.717) is 6.42 Å². The standard InChI is InChI=1S/C25H29BrF2N4O3/c1-16(10-17-6-5-7-21(26)9-8-18-12-19(18)11-17)31-15-30-32(24(31)34)14-20(22(27)28)13-29-23(33)35-25(2,3)4/h5-9,12,15-16H,10-11,13-14H2,1-4H3,(H,29,33)/b7-5-,17-6-,18-8?,21-9+. The average Bonchev–Trinajstić information content (AvgIpc) is 3.39. The number of carbonyl (C=O) groups excluding carboxylic acids is 1. The van der Waals surface area contributed by atoms with Crippen LogP contribution in [0.15, 0.2) is 80.4 Å². The molecule has 2 aliphatic carbocycles. The number of hydrogen-bond donors (Lipinski definition) is 1. The van der Waals surface area contributed by atoms with Crippen molar-refractivity contribution >= 4 is 22.0 Å². The van der Waals surface area contributed by atoms with Crippen LogP contribution in [0.5, 0.6) is 0 Å². The van der Waals surface area contributed by atoms with Crippen LogP contribution in [0.25, 0.3) is 0 Å². The number of ether oxygens (including phenoxy) is 1. The van der Waals surface area contributed by atoms with Gasteiger partial charge in [-0.25, -0.2) is 14.3 Å². The highest BCUT2D eigenvalue weighted by molar-refractivity contribution is 9.11. The summed E-state index contributed by atoms with van der Waals surface area (Å²) in [5.41, 5.74) is 1.92. The number of nitrogens with one attached hydrogen (secondary N) is 1. The lowest BCUT2D eigenvalue weighted by atomic mass is 10.0. The molecule has 1 N–H and O–H groups in total. The van der Waals surface area contributed by atoms with Crippen molar-refractivity contribution in [1.82, 2.24) is 19.7 Å². The van der Waals surface area contributed by atoms with Gasteiger partial charge in [0.05, 0.1) is 6.54 Å². The Labute approximate surface area is 211 Å². The minimum absolute atomic E-state index is 0.229. The Morgan fingerprint density at radius 3 is 2.71 bits per heavy atom. The van der Waals surface area contributed by atoms with Gasteiger partial charge in [-0.3, -0.25) is 4.57 Å². The van der Waals surface area contributed by atoms with Crippen molar-refractivity contribution in [3.63, 3.8) is 0 Å². The number of aromatic nitrogens is 3. The van der Waals surface area contributed by atoms with Crippen LogP contribution in [-0.2, 0) is 11.3 Å². The summed E-state index contributed by atoms with van der Waals surface area (Å²) in [5, 5.41) is 6.32. The molecule has 1 heterocycles. The van der Waals surface area contributed by atoms with Crippen LogP contribution >= 0.6 is 15.9 Å². The van der Waals surface area contributed by atoms with Gasteiger partial charge >= 0.3 is 11.8 Å². The number of rotatable bonds is 7. The topological polar surface area (TPSA) is 78.2 Å². The number of alkyl carbamates (subject to hydrolysis) is 1. The zero-order valence-electron chi connectivity index (χ0n) is 20.1. The van der Waals surface area contributed by atoms with Crippen molar-refractivity contribution < 1.29 is 18.3 Å². The number of carbonyl (C=O) groups is 1. The number of fused-ring (bicyclic) bond motifs is 1. The summed E-state index contributed by atoms with van der Waals surface area (Å²) in [6.45, 7) is 6.01. The monoisotopic (exact) mass is 550 g/mol. The second-order valence-corrected chi connectivity index (χ2v) is 10.4. The molecule has 3 rings (SSSR count). The maximum Gasteiger partial charge on any atom is 0.407 e. The Morgan fingerprint density at radius 2 is 2.03 bits per heavy atom. The average molecular weight is 551 g/mol. The highest BCUT2D eigenvalue weighted by Crippen LogP contribution is 2.36. The first-order chi connectivity index (χ1) is 16.4. The third-order valence-corrected chi connectivity index (χ3v) is 5.82. The van der Waals surface area contributed by atoms with Crippen molar-refractivity contribution in [3.05, 3.63) is 86.1 Å². The lowest BCUT2D eigenvalue weighted by Gasteiger charge is -2.20. The van der Waals surface area contributed by atoms with E-state index in [9.17, 15) is 18.4 Å². The fourth-order valence-electron chi connectivity index (χ4n) is 3.50. The molecule has 1 amide bonds. The molecule has 2 aliphatic rings. The first kappa shape index (κ1) is 26.6. The molecule has 188 valence electrons. The second-order valence-electron chi connectivity index (χ2n) is 9.45. The third-order valence-electron chi connectivity index (χ3n) is 5.29. The molecule has 0 aliphatic heterocycles. The fourth-order valence-corrected chi connectivity index (χ4v) is 3.78. The maximum atomic E-state index is 13.5. The van der Waals surface area contributed by atoms with Gasteiger partial charge in [0.2, 0.25) is 0 Å². The molecule has 0 saturated heterocycles. The number of halogens is 3. The summed E-state index contributed by atoms with van der Waals surface area (Å²) in [4.78, 5) is 24.7. The van der Waals surface area contributed by atoms with Crippen molar-refractivity contribution in [2.75, 3.05) is 6.54 Å². The highest BCUT2D eigenvalue weighted by atomic mass is 79.9. The van der Waals surface area contributed by atoms with Crippen LogP contribution in [-0.4, -0.2) is 32.6 Å². The SMILES string of the molecule is CC(C/C1=C/C=C\C(Br)=C/C=C2C=C2C1)n1cnn(CC(CNC(=O)OC(C)(C)C)=C(F)F)c1=O. The maximum absolute atomic E-state index is 13.5. The minimum Gasteiger partial charge on any atom is -0.444 e. The number of hydrogen-bond acceptors (Lipinski definition) is 4. The molecule has 0 radical (unpaired) electrons. The molecule has 7 nitrogen and oxygen atoms in total. The van der Waals surface area contributed by atoms with Gasteiger partial charge in [-0.05, 0) is 63.8 Å². The van der Waals surface area contributed by atoms with Crippen LogP contribution < -0.4 is 11.0 Å². The van der Waals surface area contributed by atoms with E-state index in [-0.39, 0.29) is 6.04 Å². The molecule has 0 bridgehead atoms. The van der Waals surface area contributed by atoms with Gasteiger partial charge in [0, 0.05) is 22.6 Å². The van der Waals surface area contributed by atoms with Gasteiger partial charge in [-0.15, -0.1) is 0 Å². The van der Waals surface area contributed by atoms with E-state index in [0.717, 1.165) is 21.2 Å². The lowest BCUT2D eigenvalue weighted by molar-refractivity contribution is 0.0531. The molecule has 1 atom stereocenters. The van der Waals surface area contributed by atoms with Gasteiger partial charge < -0.3 is 10.1 Å². The molecule has 10 heteroatoms. The van der Waals surface area contributed by atoms with Crippen molar-refractivity contribution in [3.8, 4) is 0 Å². The normalized spacial score (nSPS) is 20.1. The van der Waals surface area contributed by atoms with Gasteiger partial charge in [-0.1, -0.05) is 45.8 Å². The van der Waals surface area contributed by atoms with Crippen molar-refractivity contribution in [1.29, 1.82) is 0 Å². The molecule has 0 saturated carbocycles. The van der Waals surface area contributed by atoms with E-state index in [1.54, 1.807) is 20.8 Å². The summed E-state index contributed by atoms with van der Waals surface area (Å²) >= 11 is 3.49. The van der Waals surface area contributed by atoms with E-state index in [2.05, 4.69) is 38.5 Å². The van der Waals surface area contributed by atoms with Crippen LogP contribution in [0.2, 0.25) is 0 Å². The van der Waals surface area contributed by atoms with Crippen LogP contribution in [0.1, 0.15) is 46.6 Å². The first-order valence-corrected chi connectivity index (χ1v) is 12.0. The van der Waals surface area contributed by atoms with Crippen molar-refractivity contribution in [2.24, 2.45) is 0 Å². The lowest BCUT2D eigenvalue weighted by Crippen LogP contribution is -2.35. The van der Waals surface area contributed by atoms with Crippen molar-refractivity contribution in [2.45, 2.75) is 58.7 Å². The number of nitrogens with zero attached hydrogens (tertiary/aromatic N) is 3.